The number of allylic oxidation sites excluding steroid dienone is 2. The van der Waals surface area contributed by atoms with Crippen molar-refractivity contribution in [1.82, 2.24) is 0 Å². The Morgan fingerprint density at radius 2 is 2.00 bits per heavy atom. The maximum Gasteiger partial charge on any atom is 0.0915 e. The Hall–Kier alpha value is -1.55. The third-order valence-corrected chi connectivity index (χ3v) is 2.34. The molecule has 0 amide bonds. The summed E-state index contributed by atoms with van der Waals surface area (Å²) in [5.41, 5.74) is 2.41. The molecule has 2 rings (SSSR count). The Morgan fingerprint density at radius 1 is 1.31 bits per heavy atom. The minimum atomic E-state index is 0.641. The number of benzene rings is 1. The first kappa shape index (κ1) is 8.07. The van der Waals surface area contributed by atoms with E-state index in [-0.39, 0.29) is 0 Å². The molecule has 13 heavy (non-hydrogen) atoms. The van der Waals surface area contributed by atoms with Gasteiger partial charge in [0.1, 0.15) is 0 Å². The maximum absolute atomic E-state index is 8.65. The Morgan fingerprint density at radius 3 is 2.54 bits per heavy atom. The van der Waals surface area contributed by atoms with Crippen LogP contribution in [-0.2, 0) is 0 Å². The fraction of sp³-hybridized carbons (Fsp3) is 0.250. The van der Waals surface area contributed by atoms with Gasteiger partial charge in [-0.15, -0.1) is 0 Å². The molecular formula is C12H11N. The van der Waals surface area contributed by atoms with E-state index in [0.717, 1.165) is 0 Å². The van der Waals surface area contributed by atoms with Crippen LogP contribution in [0.25, 0.3) is 5.57 Å². The summed E-state index contributed by atoms with van der Waals surface area (Å²) in [5.74, 6) is 0.641. The number of hydrogen-bond acceptors (Lipinski definition) is 1. The molecule has 1 aromatic carbocycles. The van der Waals surface area contributed by atoms with Crippen molar-refractivity contribution in [2.75, 3.05) is 0 Å². The predicted octanol–water partition coefficient (Wildman–Crippen LogP) is 3.00. The van der Waals surface area contributed by atoms with Crippen LogP contribution in [-0.4, -0.2) is 0 Å². The Bertz CT molecular complexity index is 352. The van der Waals surface area contributed by atoms with Crippen LogP contribution in [0.1, 0.15) is 18.4 Å². The third kappa shape index (κ3) is 1.78. The van der Waals surface area contributed by atoms with Crippen LogP contribution >= 0.6 is 0 Å². The lowest BCUT2D eigenvalue weighted by Gasteiger charge is -2.02. The topological polar surface area (TPSA) is 23.8 Å². The molecule has 1 aliphatic rings. The van der Waals surface area contributed by atoms with E-state index in [9.17, 15) is 0 Å². The van der Waals surface area contributed by atoms with Crippen molar-refractivity contribution in [1.29, 1.82) is 5.26 Å². The molecule has 1 saturated carbocycles. The molecule has 1 fully saturated rings. The third-order valence-electron chi connectivity index (χ3n) is 2.34. The standard InChI is InChI=1S/C12H11N/c13-9-8-12(11-6-7-11)10-4-2-1-3-5-10/h1-5,8,11H,6-7H2/b12-8-. The van der Waals surface area contributed by atoms with Gasteiger partial charge >= 0.3 is 0 Å². The highest BCUT2D eigenvalue weighted by Gasteiger charge is 2.26. The summed E-state index contributed by atoms with van der Waals surface area (Å²) in [4.78, 5) is 0. The Balaban J connectivity index is 2.32. The first-order valence-electron chi connectivity index (χ1n) is 4.57. The van der Waals surface area contributed by atoms with Gasteiger partial charge in [-0.3, -0.25) is 0 Å². The van der Waals surface area contributed by atoms with Crippen molar-refractivity contribution in [2.24, 2.45) is 5.92 Å². The van der Waals surface area contributed by atoms with E-state index in [4.69, 9.17) is 5.26 Å². The first-order valence-corrected chi connectivity index (χ1v) is 4.57. The summed E-state index contributed by atoms with van der Waals surface area (Å²) in [6.45, 7) is 0. The maximum atomic E-state index is 8.65. The predicted molar refractivity (Wildman–Crippen MR) is 52.8 cm³/mol. The molecule has 64 valence electrons. The molecule has 0 N–H and O–H groups in total. The van der Waals surface area contributed by atoms with Crippen molar-refractivity contribution < 1.29 is 0 Å². The summed E-state index contributed by atoms with van der Waals surface area (Å²) in [5, 5.41) is 8.65. The molecule has 0 aliphatic heterocycles. The van der Waals surface area contributed by atoms with Crippen LogP contribution < -0.4 is 0 Å². The van der Waals surface area contributed by atoms with Gasteiger partial charge in [0.05, 0.1) is 6.07 Å². The van der Waals surface area contributed by atoms with Gasteiger partial charge in [0.2, 0.25) is 0 Å². The lowest BCUT2D eigenvalue weighted by Crippen LogP contribution is -1.85. The first-order chi connectivity index (χ1) is 6.42. The molecule has 1 heteroatoms. The van der Waals surface area contributed by atoms with Gasteiger partial charge in [0.25, 0.3) is 0 Å². The van der Waals surface area contributed by atoms with Gasteiger partial charge in [-0.1, -0.05) is 30.3 Å². The van der Waals surface area contributed by atoms with E-state index in [1.54, 1.807) is 6.08 Å². The summed E-state index contributed by atoms with van der Waals surface area (Å²) >= 11 is 0. The zero-order valence-corrected chi connectivity index (χ0v) is 7.40. The molecule has 0 unspecified atom stereocenters. The number of hydrogen-bond donors (Lipinski definition) is 0. The summed E-state index contributed by atoms with van der Waals surface area (Å²) in [6, 6.07) is 12.3. The average molecular weight is 169 g/mol. The number of nitrogens with zero attached hydrogens (tertiary/aromatic N) is 1. The van der Waals surface area contributed by atoms with E-state index in [0.29, 0.717) is 5.92 Å². The van der Waals surface area contributed by atoms with E-state index in [1.165, 1.54) is 24.0 Å². The molecule has 1 nitrogen and oxygen atoms in total. The zero-order chi connectivity index (χ0) is 9.10. The van der Waals surface area contributed by atoms with Gasteiger partial charge in [-0.2, -0.15) is 5.26 Å². The van der Waals surface area contributed by atoms with Gasteiger partial charge < -0.3 is 0 Å². The highest BCUT2D eigenvalue weighted by Crippen LogP contribution is 2.41. The molecule has 0 saturated heterocycles. The van der Waals surface area contributed by atoms with Crippen molar-refractivity contribution in [2.45, 2.75) is 12.8 Å². The second-order valence-corrected chi connectivity index (χ2v) is 3.37. The van der Waals surface area contributed by atoms with Gasteiger partial charge in [-0.25, -0.2) is 0 Å². The van der Waals surface area contributed by atoms with Gasteiger partial charge in [-0.05, 0) is 29.9 Å². The number of nitriles is 1. The van der Waals surface area contributed by atoms with Crippen molar-refractivity contribution >= 4 is 5.57 Å². The highest BCUT2D eigenvalue weighted by atomic mass is 14.3. The van der Waals surface area contributed by atoms with Crippen LogP contribution in [0, 0.1) is 17.2 Å². The van der Waals surface area contributed by atoms with Crippen LogP contribution in [0.5, 0.6) is 0 Å². The summed E-state index contributed by atoms with van der Waals surface area (Å²) in [7, 11) is 0. The molecule has 0 heterocycles. The fourth-order valence-corrected chi connectivity index (χ4v) is 1.53. The molecule has 0 atom stereocenters. The molecule has 0 spiro atoms. The largest absolute Gasteiger partial charge is 0.193 e. The molecule has 1 aliphatic carbocycles. The summed E-state index contributed by atoms with van der Waals surface area (Å²) in [6.07, 6.45) is 4.16. The second kappa shape index (κ2) is 3.45. The van der Waals surface area contributed by atoms with Crippen molar-refractivity contribution in [3.63, 3.8) is 0 Å². The lowest BCUT2D eigenvalue weighted by atomic mass is 10.0. The van der Waals surface area contributed by atoms with Crippen molar-refractivity contribution in [3.05, 3.63) is 42.0 Å². The van der Waals surface area contributed by atoms with E-state index < -0.39 is 0 Å². The number of rotatable bonds is 2. The van der Waals surface area contributed by atoms with Crippen LogP contribution in [0.3, 0.4) is 0 Å². The molecule has 0 radical (unpaired) electrons. The van der Waals surface area contributed by atoms with Crippen LogP contribution in [0.15, 0.2) is 36.4 Å². The normalized spacial score (nSPS) is 16.7. The van der Waals surface area contributed by atoms with E-state index >= 15 is 0 Å². The minimum Gasteiger partial charge on any atom is -0.193 e. The molecule has 0 aromatic heterocycles. The van der Waals surface area contributed by atoms with Crippen molar-refractivity contribution in [3.8, 4) is 6.07 Å². The Labute approximate surface area is 78.3 Å². The highest BCUT2D eigenvalue weighted by molar-refractivity contribution is 5.70. The van der Waals surface area contributed by atoms with Crippen LogP contribution in [0.4, 0.5) is 0 Å². The molecule has 1 aromatic rings. The van der Waals surface area contributed by atoms with E-state index in [2.05, 4.69) is 18.2 Å². The average Bonchev–Trinajstić information content (AvgIpc) is 2.99. The van der Waals surface area contributed by atoms with E-state index in [1.807, 2.05) is 18.2 Å². The zero-order valence-electron chi connectivity index (χ0n) is 7.40. The quantitative estimate of drug-likeness (QED) is 0.624. The smallest absolute Gasteiger partial charge is 0.0915 e. The fourth-order valence-electron chi connectivity index (χ4n) is 1.53. The minimum absolute atomic E-state index is 0.641. The molecular weight excluding hydrogens is 158 g/mol. The van der Waals surface area contributed by atoms with Crippen LogP contribution in [0.2, 0.25) is 0 Å². The Kier molecular flexibility index (Phi) is 2.14. The molecule has 0 bridgehead atoms. The van der Waals surface area contributed by atoms with Gasteiger partial charge in [0.15, 0.2) is 0 Å². The van der Waals surface area contributed by atoms with Gasteiger partial charge in [0, 0.05) is 6.08 Å². The monoisotopic (exact) mass is 169 g/mol. The second-order valence-electron chi connectivity index (χ2n) is 3.37. The SMILES string of the molecule is N#C/C=C(/c1ccccc1)C1CC1. The summed E-state index contributed by atoms with van der Waals surface area (Å²) < 4.78 is 0. The lowest BCUT2D eigenvalue weighted by molar-refractivity contribution is 1.15.